The molecule has 27 heavy (non-hydrogen) atoms. The highest BCUT2D eigenvalue weighted by Crippen LogP contribution is 2.27. The van der Waals surface area contributed by atoms with Crippen LogP contribution in [0.3, 0.4) is 0 Å². The summed E-state index contributed by atoms with van der Waals surface area (Å²) in [5.74, 6) is 2.61. The summed E-state index contributed by atoms with van der Waals surface area (Å²) in [6, 6.07) is 7.76. The SMILES string of the molecule is COc1ccc(Cc2nnc(SC(C)C(=O)N3CC(C)CC(C)C3)o2)cc1. The number of aromatic nitrogens is 2. The van der Waals surface area contributed by atoms with E-state index in [0.717, 1.165) is 24.4 Å². The van der Waals surface area contributed by atoms with Crippen molar-refractivity contribution in [1.82, 2.24) is 15.1 Å². The van der Waals surface area contributed by atoms with Crippen LogP contribution in [0.4, 0.5) is 0 Å². The number of amides is 1. The lowest BCUT2D eigenvalue weighted by Crippen LogP contribution is -2.45. The third-order valence-electron chi connectivity index (χ3n) is 4.77. The van der Waals surface area contributed by atoms with Crippen LogP contribution in [0, 0.1) is 11.8 Å². The molecule has 1 aliphatic heterocycles. The molecule has 146 valence electrons. The van der Waals surface area contributed by atoms with Crippen molar-refractivity contribution < 1.29 is 13.9 Å². The van der Waals surface area contributed by atoms with Gasteiger partial charge in [-0.25, -0.2) is 0 Å². The predicted molar refractivity (Wildman–Crippen MR) is 105 cm³/mol. The van der Waals surface area contributed by atoms with Crippen LogP contribution in [0.1, 0.15) is 38.6 Å². The van der Waals surface area contributed by atoms with E-state index in [1.54, 1.807) is 7.11 Å². The summed E-state index contributed by atoms with van der Waals surface area (Å²) in [5.41, 5.74) is 1.07. The lowest BCUT2D eigenvalue weighted by Gasteiger charge is -2.36. The number of likely N-dealkylation sites (tertiary alicyclic amines) is 1. The Bertz CT molecular complexity index is 752. The van der Waals surface area contributed by atoms with Crippen molar-refractivity contribution in [3.63, 3.8) is 0 Å². The predicted octanol–water partition coefficient (Wildman–Crippen LogP) is 3.65. The molecule has 0 spiro atoms. The lowest BCUT2D eigenvalue weighted by atomic mass is 9.92. The maximum atomic E-state index is 12.8. The fourth-order valence-electron chi connectivity index (χ4n) is 3.58. The zero-order chi connectivity index (χ0) is 19.4. The Morgan fingerprint density at radius 1 is 1.26 bits per heavy atom. The number of carbonyl (C=O) groups is 1. The molecule has 0 saturated carbocycles. The molecular weight excluding hydrogens is 362 g/mol. The van der Waals surface area contributed by atoms with Crippen LogP contribution in [0.5, 0.6) is 5.75 Å². The van der Waals surface area contributed by atoms with Gasteiger partial charge >= 0.3 is 0 Å². The lowest BCUT2D eigenvalue weighted by molar-refractivity contribution is -0.132. The van der Waals surface area contributed by atoms with Crippen molar-refractivity contribution in [1.29, 1.82) is 0 Å². The third kappa shape index (κ3) is 5.25. The molecule has 1 fully saturated rings. The number of nitrogens with zero attached hydrogens (tertiary/aromatic N) is 3. The first-order chi connectivity index (χ1) is 12.9. The third-order valence-corrected chi connectivity index (χ3v) is 5.69. The van der Waals surface area contributed by atoms with Crippen molar-refractivity contribution in [2.75, 3.05) is 20.2 Å². The Balaban J connectivity index is 1.56. The molecule has 3 unspecified atom stereocenters. The number of benzene rings is 1. The van der Waals surface area contributed by atoms with Crippen LogP contribution < -0.4 is 4.74 Å². The van der Waals surface area contributed by atoms with Crippen LogP contribution in [0.15, 0.2) is 33.9 Å². The molecule has 1 aromatic heterocycles. The molecule has 1 amide bonds. The highest BCUT2D eigenvalue weighted by Gasteiger charge is 2.29. The molecule has 7 heteroatoms. The number of ether oxygens (including phenoxy) is 1. The van der Waals surface area contributed by atoms with E-state index in [0.29, 0.717) is 29.4 Å². The van der Waals surface area contributed by atoms with E-state index >= 15 is 0 Å². The maximum Gasteiger partial charge on any atom is 0.277 e. The van der Waals surface area contributed by atoms with E-state index < -0.39 is 0 Å². The average Bonchev–Trinajstić information content (AvgIpc) is 3.07. The van der Waals surface area contributed by atoms with Crippen molar-refractivity contribution in [2.24, 2.45) is 11.8 Å². The molecule has 3 rings (SSSR count). The highest BCUT2D eigenvalue weighted by atomic mass is 32.2. The highest BCUT2D eigenvalue weighted by molar-refractivity contribution is 8.00. The zero-order valence-corrected chi connectivity index (χ0v) is 17.2. The normalized spacial score (nSPS) is 21.1. The molecule has 3 atom stereocenters. The number of piperidine rings is 1. The van der Waals surface area contributed by atoms with Gasteiger partial charge in [-0.15, -0.1) is 10.2 Å². The van der Waals surface area contributed by atoms with Crippen LogP contribution >= 0.6 is 11.8 Å². The first-order valence-corrected chi connectivity index (χ1v) is 10.2. The molecule has 6 nitrogen and oxygen atoms in total. The van der Waals surface area contributed by atoms with Crippen LogP contribution in [0.25, 0.3) is 0 Å². The van der Waals surface area contributed by atoms with E-state index in [2.05, 4.69) is 24.0 Å². The fourth-order valence-corrected chi connectivity index (χ4v) is 4.36. The topological polar surface area (TPSA) is 68.5 Å². The van der Waals surface area contributed by atoms with Gasteiger partial charge in [0.15, 0.2) is 0 Å². The second kappa shape index (κ2) is 8.78. The second-order valence-electron chi connectivity index (χ2n) is 7.44. The quantitative estimate of drug-likeness (QED) is 0.703. The fraction of sp³-hybridized carbons (Fsp3) is 0.550. The summed E-state index contributed by atoms with van der Waals surface area (Å²) in [6.07, 6.45) is 1.74. The van der Waals surface area contributed by atoms with Gasteiger partial charge in [0.2, 0.25) is 11.8 Å². The van der Waals surface area contributed by atoms with E-state index in [4.69, 9.17) is 9.15 Å². The molecular formula is C20H27N3O3S. The number of carbonyl (C=O) groups excluding carboxylic acids is 1. The van der Waals surface area contributed by atoms with Crippen LogP contribution in [0.2, 0.25) is 0 Å². The first-order valence-electron chi connectivity index (χ1n) is 9.35. The Morgan fingerprint density at radius 2 is 1.93 bits per heavy atom. The Kier molecular flexibility index (Phi) is 6.42. The number of rotatable bonds is 6. The van der Waals surface area contributed by atoms with E-state index in [9.17, 15) is 4.79 Å². The van der Waals surface area contributed by atoms with E-state index in [1.165, 1.54) is 18.2 Å². The van der Waals surface area contributed by atoms with Gasteiger partial charge in [-0.05, 0) is 42.9 Å². The van der Waals surface area contributed by atoms with Gasteiger partial charge < -0.3 is 14.1 Å². The zero-order valence-electron chi connectivity index (χ0n) is 16.3. The van der Waals surface area contributed by atoms with Gasteiger partial charge in [0.25, 0.3) is 5.22 Å². The van der Waals surface area contributed by atoms with Gasteiger partial charge in [0.05, 0.1) is 18.8 Å². The van der Waals surface area contributed by atoms with Crippen LogP contribution in [-0.2, 0) is 11.2 Å². The van der Waals surface area contributed by atoms with Crippen molar-refractivity contribution >= 4 is 17.7 Å². The Morgan fingerprint density at radius 3 is 2.56 bits per heavy atom. The minimum absolute atomic E-state index is 0.147. The van der Waals surface area contributed by atoms with Crippen molar-refractivity contribution in [3.05, 3.63) is 35.7 Å². The molecule has 2 aromatic rings. The monoisotopic (exact) mass is 389 g/mol. The number of methoxy groups -OCH3 is 1. The second-order valence-corrected chi connectivity index (χ2v) is 8.73. The van der Waals surface area contributed by atoms with Crippen molar-refractivity contribution in [3.8, 4) is 5.75 Å². The average molecular weight is 390 g/mol. The standard InChI is InChI=1S/C20H27N3O3S/c1-13-9-14(2)12-23(11-13)19(24)15(3)27-20-22-21-18(26-20)10-16-5-7-17(25-4)8-6-16/h5-8,13-15H,9-12H2,1-4H3. The minimum atomic E-state index is -0.239. The smallest absolute Gasteiger partial charge is 0.277 e. The Labute approximate surface area is 164 Å². The van der Waals surface area contributed by atoms with Gasteiger partial charge in [-0.1, -0.05) is 37.7 Å². The molecule has 0 bridgehead atoms. The van der Waals surface area contributed by atoms with Gasteiger partial charge in [-0.2, -0.15) is 0 Å². The maximum absolute atomic E-state index is 12.8. The summed E-state index contributed by atoms with van der Waals surface area (Å²) < 4.78 is 10.9. The van der Waals surface area contributed by atoms with Crippen LogP contribution in [-0.4, -0.2) is 46.5 Å². The number of hydrogen-bond donors (Lipinski definition) is 0. The molecule has 0 radical (unpaired) electrons. The summed E-state index contributed by atoms with van der Waals surface area (Å²) >= 11 is 1.33. The molecule has 0 aliphatic carbocycles. The molecule has 2 heterocycles. The van der Waals surface area contributed by atoms with Gasteiger partial charge in [-0.3, -0.25) is 4.79 Å². The molecule has 0 N–H and O–H groups in total. The summed E-state index contributed by atoms with van der Waals surface area (Å²) in [4.78, 5) is 14.7. The summed E-state index contributed by atoms with van der Waals surface area (Å²) in [7, 11) is 1.64. The molecule has 1 saturated heterocycles. The van der Waals surface area contributed by atoms with Gasteiger partial charge in [0.1, 0.15) is 5.75 Å². The molecule has 1 aromatic carbocycles. The number of thioether (sulfide) groups is 1. The van der Waals surface area contributed by atoms with E-state index in [1.807, 2.05) is 36.1 Å². The Hall–Kier alpha value is -2.02. The minimum Gasteiger partial charge on any atom is -0.497 e. The number of hydrogen-bond acceptors (Lipinski definition) is 6. The first kappa shape index (κ1) is 19.7. The van der Waals surface area contributed by atoms with Crippen molar-refractivity contribution in [2.45, 2.75) is 44.1 Å². The van der Waals surface area contributed by atoms with E-state index in [-0.39, 0.29) is 11.2 Å². The molecule has 1 aliphatic rings. The van der Waals surface area contributed by atoms with Gasteiger partial charge in [0, 0.05) is 13.1 Å². The summed E-state index contributed by atoms with van der Waals surface area (Å²) in [6.45, 7) is 7.99. The summed E-state index contributed by atoms with van der Waals surface area (Å²) in [5, 5.41) is 8.41. The largest absolute Gasteiger partial charge is 0.497 e.